The van der Waals surface area contributed by atoms with Gasteiger partial charge >= 0.3 is 0 Å². The van der Waals surface area contributed by atoms with Gasteiger partial charge in [-0.15, -0.1) is 0 Å². The fourth-order valence-corrected chi connectivity index (χ4v) is 3.83. The molecule has 1 aromatic carbocycles. The van der Waals surface area contributed by atoms with Crippen LogP contribution in [0.2, 0.25) is 0 Å². The van der Waals surface area contributed by atoms with E-state index in [2.05, 4.69) is 25.0 Å². The van der Waals surface area contributed by atoms with Gasteiger partial charge in [-0.3, -0.25) is 4.57 Å². The first-order valence-electron chi connectivity index (χ1n) is 9.63. The first-order chi connectivity index (χ1) is 15.3. The van der Waals surface area contributed by atoms with Crippen molar-refractivity contribution in [3.8, 4) is 5.75 Å². The largest absolute Gasteiger partial charge is 0.508 e. The lowest BCUT2D eigenvalue weighted by Crippen LogP contribution is -2.37. The van der Waals surface area contributed by atoms with Gasteiger partial charge in [-0.25, -0.2) is 28.1 Å². The van der Waals surface area contributed by atoms with Crippen molar-refractivity contribution in [2.75, 3.05) is 18.4 Å². The van der Waals surface area contributed by atoms with Crippen LogP contribution in [0.4, 0.5) is 5.82 Å². The molecule has 14 heteroatoms. The highest BCUT2D eigenvalue weighted by Gasteiger charge is 2.44. The van der Waals surface area contributed by atoms with Gasteiger partial charge in [0.15, 0.2) is 23.2 Å². The molecule has 0 aliphatic carbocycles. The molecular formula is C18H22N6O7S. The van der Waals surface area contributed by atoms with Crippen LogP contribution in [0.3, 0.4) is 0 Å². The third kappa shape index (κ3) is 4.50. The molecule has 0 radical (unpaired) electrons. The van der Waals surface area contributed by atoms with Gasteiger partial charge in [0.25, 0.3) is 0 Å². The van der Waals surface area contributed by atoms with E-state index < -0.39 is 41.5 Å². The Labute approximate surface area is 183 Å². The molecule has 0 saturated carbocycles. The molecule has 32 heavy (non-hydrogen) atoms. The second kappa shape index (κ2) is 9.32. The summed E-state index contributed by atoms with van der Waals surface area (Å²) in [4.78, 5) is 12.6. The van der Waals surface area contributed by atoms with Crippen molar-refractivity contribution in [3.63, 3.8) is 0 Å². The van der Waals surface area contributed by atoms with E-state index in [-0.39, 0.29) is 18.8 Å². The smallest absolute Gasteiger partial charge is 0.201 e. The highest BCUT2D eigenvalue weighted by Crippen LogP contribution is 2.32. The molecule has 1 saturated heterocycles. The Morgan fingerprint density at radius 3 is 2.75 bits per heavy atom. The second-order valence-electron chi connectivity index (χ2n) is 7.20. The SMILES string of the molecule is O=[SH](=O)NC[C@H]1O[C@@H](n2cnc3c(NC[C@H](O)c4cccc(O)c4)ncnc32)[C@H](O)[C@@H]1O. The molecule has 6 N–H and O–H groups in total. The predicted octanol–water partition coefficient (Wildman–Crippen LogP) is -1.59. The van der Waals surface area contributed by atoms with Crippen LogP contribution in [0, 0.1) is 0 Å². The lowest BCUT2D eigenvalue weighted by atomic mass is 10.1. The minimum atomic E-state index is -2.88. The van der Waals surface area contributed by atoms with E-state index in [1.54, 1.807) is 12.1 Å². The maximum absolute atomic E-state index is 10.7. The number of aromatic hydroxyl groups is 1. The number of aliphatic hydroxyl groups is 3. The molecule has 0 spiro atoms. The molecule has 0 amide bonds. The number of fused-ring (bicyclic) bond motifs is 1. The Kier molecular flexibility index (Phi) is 6.50. The summed E-state index contributed by atoms with van der Waals surface area (Å²) in [5, 5.41) is 43.5. The van der Waals surface area contributed by atoms with Crippen LogP contribution in [-0.4, -0.2) is 79.8 Å². The number of thiol groups is 1. The van der Waals surface area contributed by atoms with Crippen LogP contribution < -0.4 is 10.0 Å². The van der Waals surface area contributed by atoms with Crippen LogP contribution in [0.1, 0.15) is 17.9 Å². The van der Waals surface area contributed by atoms with Crippen molar-refractivity contribution >= 4 is 27.9 Å². The van der Waals surface area contributed by atoms with E-state index in [0.29, 0.717) is 22.5 Å². The molecule has 3 aromatic rings. The van der Waals surface area contributed by atoms with Crippen LogP contribution in [-0.2, 0) is 15.6 Å². The minimum Gasteiger partial charge on any atom is -0.508 e. The Hall–Kier alpha value is -2.88. The molecule has 0 unspecified atom stereocenters. The summed E-state index contributed by atoms with van der Waals surface area (Å²) in [5.41, 5.74) is 1.16. The molecule has 1 aliphatic heterocycles. The summed E-state index contributed by atoms with van der Waals surface area (Å²) in [6.07, 6.45) is -2.97. The topological polar surface area (TPSA) is 192 Å². The quantitative estimate of drug-likeness (QED) is 0.189. The predicted molar refractivity (Wildman–Crippen MR) is 111 cm³/mol. The lowest BCUT2D eigenvalue weighted by molar-refractivity contribution is -0.0329. The van der Waals surface area contributed by atoms with Crippen LogP contribution in [0.25, 0.3) is 11.2 Å². The average Bonchev–Trinajstić information content (AvgIpc) is 3.32. The number of imidazole rings is 1. The van der Waals surface area contributed by atoms with Gasteiger partial charge in [0.05, 0.1) is 12.4 Å². The number of anilines is 1. The third-order valence-electron chi connectivity index (χ3n) is 5.11. The maximum Gasteiger partial charge on any atom is 0.201 e. The van der Waals surface area contributed by atoms with Gasteiger partial charge in [0, 0.05) is 13.1 Å². The maximum atomic E-state index is 10.7. The number of phenolic OH excluding ortho intramolecular Hbond substituents is 1. The molecule has 1 aliphatic rings. The Morgan fingerprint density at radius 2 is 2.00 bits per heavy atom. The van der Waals surface area contributed by atoms with E-state index in [1.165, 1.54) is 29.4 Å². The van der Waals surface area contributed by atoms with Gasteiger partial charge in [0.2, 0.25) is 10.9 Å². The number of ether oxygens (including phenoxy) is 1. The van der Waals surface area contributed by atoms with Crippen molar-refractivity contribution in [1.29, 1.82) is 0 Å². The summed E-state index contributed by atoms with van der Waals surface area (Å²) in [6, 6.07) is 6.25. The number of nitrogens with zero attached hydrogens (tertiary/aromatic N) is 4. The minimum absolute atomic E-state index is 0.0395. The monoisotopic (exact) mass is 466 g/mol. The first-order valence-corrected chi connectivity index (χ1v) is 10.8. The van der Waals surface area contributed by atoms with Gasteiger partial charge in [-0.2, -0.15) is 0 Å². The zero-order valence-electron chi connectivity index (χ0n) is 16.5. The Balaban J connectivity index is 1.52. The van der Waals surface area contributed by atoms with Gasteiger partial charge in [-0.1, -0.05) is 12.1 Å². The molecule has 1 fully saturated rings. The van der Waals surface area contributed by atoms with E-state index in [4.69, 9.17) is 4.74 Å². The highest BCUT2D eigenvalue weighted by molar-refractivity contribution is 7.70. The number of benzene rings is 1. The normalized spacial score (nSPS) is 24.2. The standard InChI is InChI=1S/C18H22N6O7S/c25-10-3-1-2-9(4-10)11(26)5-19-16-13-17(21-7-20-16)24(8-22-13)18-15(28)14(27)12(31-18)6-23-32(29)30/h1-4,7-8,11-12,14-15,18,25-28,32H,5-6H2,(H,19,20,21)(H,23,29,30)/t11-,12+,14+,15+,18+/m0/s1. The molecule has 4 rings (SSSR count). The summed E-state index contributed by atoms with van der Waals surface area (Å²) in [6.45, 7) is -0.125. The highest BCUT2D eigenvalue weighted by atomic mass is 32.2. The summed E-state index contributed by atoms with van der Waals surface area (Å²) >= 11 is 0. The van der Waals surface area contributed by atoms with Crippen molar-refractivity contribution in [3.05, 3.63) is 42.5 Å². The number of aliphatic hydroxyl groups excluding tert-OH is 3. The Morgan fingerprint density at radius 1 is 1.19 bits per heavy atom. The lowest BCUT2D eigenvalue weighted by Gasteiger charge is -2.17. The molecule has 13 nitrogen and oxygen atoms in total. The average molecular weight is 466 g/mol. The Bertz CT molecular complexity index is 1160. The summed E-state index contributed by atoms with van der Waals surface area (Å²) < 4.78 is 30.7. The van der Waals surface area contributed by atoms with E-state index in [1.807, 2.05) is 0 Å². The second-order valence-corrected chi connectivity index (χ2v) is 8.03. The number of hydrogen-bond donors (Lipinski definition) is 7. The summed E-state index contributed by atoms with van der Waals surface area (Å²) in [7, 11) is -2.88. The van der Waals surface area contributed by atoms with E-state index in [9.17, 15) is 28.8 Å². The number of aromatic nitrogens is 4. The zero-order chi connectivity index (χ0) is 22.8. The van der Waals surface area contributed by atoms with Crippen molar-refractivity contribution in [2.24, 2.45) is 0 Å². The molecule has 0 bridgehead atoms. The zero-order valence-corrected chi connectivity index (χ0v) is 17.4. The van der Waals surface area contributed by atoms with Gasteiger partial charge < -0.3 is 30.5 Å². The molecule has 5 atom stereocenters. The number of rotatable bonds is 8. The fourth-order valence-electron chi connectivity index (χ4n) is 3.50. The van der Waals surface area contributed by atoms with Crippen molar-refractivity contribution < 1.29 is 33.6 Å². The van der Waals surface area contributed by atoms with E-state index in [0.717, 1.165) is 0 Å². The third-order valence-corrected chi connectivity index (χ3v) is 5.55. The molecule has 2 aromatic heterocycles. The molecule has 172 valence electrons. The van der Waals surface area contributed by atoms with Crippen molar-refractivity contribution in [1.82, 2.24) is 24.2 Å². The van der Waals surface area contributed by atoms with Gasteiger partial charge in [0.1, 0.15) is 30.4 Å². The fraction of sp³-hybridized carbons (Fsp3) is 0.389. The van der Waals surface area contributed by atoms with Crippen molar-refractivity contribution in [2.45, 2.75) is 30.6 Å². The summed E-state index contributed by atoms with van der Waals surface area (Å²) in [5.74, 6) is 0.361. The van der Waals surface area contributed by atoms with Gasteiger partial charge in [-0.05, 0) is 17.7 Å². The molecular weight excluding hydrogens is 444 g/mol. The number of hydrogen-bond acceptors (Lipinski definition) is 11. The van der Waals surface area contributed by atoms with E-state index >= 15 is 0 Å². The van der Waals surface area contributed by atoms with Crippen LogP contribution >= 0.6 is 0 Å². The van der Waals surface area contributed by atoms with Crippen LogP contribution in [0.15, 0.2) is 36.9 Å². The number of phenols is 1. The first kappa shape index (κ1) is 22.3. The number of nitrogens with one attached hydrogen (secondary N) is 2. The van der Waals surface area contributed by atoms with Crippen LogP contribution in [0.5, 0.6) is 5.75 Å². The molecule has 3 heterocycles.